The molecule has 0 fully saturated rings. The lowest BCUT2D eigenvalue weighted by atomic mass is 10.2. The number of ether oxygens (including phenoxy) is 2. The first-order chi connectivity index (χ1) is 15.1. The lowest BCUT2D eigenvalue weighted by Crippen LogP contribution is -2.10. The number of aromatic nitrogens is 2. The van der Waals surface area contributed by atoms with Crippen LogP contribution in [0.2, 0.25) is 0 Å². The Kier molecular flexibility index (Phi) is 6.37. The molecule has 0 saturated carbocycles. The van der Waals surface area contributed by atoms with E-state index in [9.17, 15) is 4.79 Å². The molecule has 4 aromatic rings. The molecule has 7 nitrogen and oxygen atoms in total. The van der Waals surface area contributed by atoms with Gasteiger partial charge in [-0.25, -0.2) is 4.68 Å². The lowest BCUT2D eigenvalue weighted by Gasteiger charge is -2.06. The minimum Gasteiger partial charge on any atom is -0.485 e. The topological polar surface area (TPSA) is 78.5 Å². The number of halogens is 1. The molecule has 0 bridgehead atoms. The van der Waals surface area contributed by atoms with Crippen molar-refractivity contribution in [1.82, 2.24) is 9.78 Å². The van der Waals surface area contributed by atoms with Crippen molar-refractivity contribution in [2.75, 3.05) is 5.32 Å². The van der Waals surface area contributed by atoms with E-state index >= 15 is 0 Å². The van der Waals surface area contributed by atoms with Crippen LogP contribution in [-0.2, 0) is 13.3 Å². The van der Waals surface area contributed by atoms with E-state index in [-0.39, 0.29) is 25.0 Å². The third kappa shape index (κ3) is 5.55. The third-order valence-corrected chi connectivity index (χ3v) is 4.95. The van der Waals surface area contributed by atoms with E-state index in [2.05, 4.69) is 26.3 Å². The van der Waals surface area contributed by atoms with Gasteiger partial charge in [0.1, 0.15) is 23.9 Å². The standard InChI is InChI=1S/C23H20BrN3O4/c1-16-4-2-3-5-21(16)29-14-20-10-11-22(31-20)23(28)26-18-12-25-27(13-18)15-30-19-8-6-17(24)7-9-19/h2-13H,14-15H2,1H3,(H,26,28). The predicted molar refractivity (Wildman–Crippen MR) is 119 cm³/mol. The van der Waals surface area contributed by atoms with Gasteiger partial charge in [-0.15, -0.1) is 0 Å². The van der Waals surface area contributed by atoms with E-state index in [0.29, 0.717) is 11.4 Å². The minimum absolute atomic E-state index is 0.197. The van der Waals surface area contributed by atoms with Gasteiger partial charge >= 0.3 is 0 Å². The van der Waals surface area contributed by atoms with Crippen molar-refractivity contribution >= 4 is 27.5 Å². The average molecular weight is 482 g/mol. The van der Waals surface area contributed by atoms with Crippen molar-refractivity contribution in [1.29, 1.82) is 0 Å². The number of para-hydroxylation sites is 1. The molecule has 8 heteroatoms. The van der Waals surface area contributed by atoms with Crippen LogP contribution in [0, 0.1) is 6.92 Å². The van der Waals surface area contributed by atoms with Gasteiger partial charge in [-0.1, -0.05) is 34.1 Å². The average Bonchev–Trinajstić information content (AvgIpc) is 3.42. The lowest BCUT2D eigenvalue weighted by molar-refractivity contribution is 0.0992. The molecule has 0 aliphatic heterocycles. The van der Waals surface area contributed by atoms with Gasteiger partial charge in [-0.05, 0) is 55.0 Å². The number of furan rings is 1. The maximum Gasteiger partial charge on any atom is 0.291 e. The predicted octanol–water partition coefficient (Wildman–Crippen LogP) is 5.41. The molecular formula is C23H20BrN3O4. The van der Waals surface area contributed by atoms with Gasteiger partial charge < -0.3 is 19.2 Å². The molecule has 1 amide bonds. The molecule has 0 aliphatic rings. The Labute approximate surface area is 187 Å². The number of nitrogens with one attached hydrogen (secondary N) is 1. The second kappa shape index (κ2) is 9.53. The number of carbonyl (C=O) groups is 1. The number of nitrogens with zero attached hydrogens (tertiary/aromatic N) is 2. The molecule has 0 aliphatic carbocycles. The van der Waals surface area contributed by atoms with Gasteiger partial charge in [0.2, 0.25) is 0 Å². The van der Waals surface area contributed by atoms with Crippen LogP contribution in [0.5, 0.6) is 11.5 Å². The second-order valence-electron chi connectivity index (χ2n) is 6.77. The smallest absolute Gasteiger partial charge is 0.291 e. The zero-order valence-electron chi connectivity index (χ0n) is 16.7. The highest BCUT2D eigenvalue weighted by Crippen LogP contribution is 2.20. The molecule has 0 unspecified atom stereocenters. The van der Waals surface area contributed by atoms with Crippen molar-refractivity contribution in [2.45, 2.75) is 20.3 Å². The van der Waals surface area contributed by atoms with Crippen LogP contribution in [0.4, 0.5) is 5.69 Å². The minimum atomic E-state index is -0.365. The van der Waals surface area contributed by atoms with Gasteiger partial charge in [0, 0.05) is 4.47 Å². The Morgan fingerprint density at radius 1 is 1.10 bits per heavy atom. The summed E-state index contributed by atoms with van der Waals surface area (Å²) in [5, 5.41) is 6.95. The highest BCUT2D eigenvalue weighted by molar-refractivity contribution is 9.10. The number of amides is 1. The number of hydrogen-bond donors (Lipinski definition) is 1. The van der Waals surface area contributed by atoms with Crippen LogP contribution in [0.15, 0.2) is 81.9 Å². The first-order valence-corrected chi connectivity index (χ1v) is 10.4. The first-order valence-electron chi connectivity index (χ1n) is 9.56. The molecule has 2 aromatic carbocycles. The zero-order valence-corrected chi connectivity index (χ0v) is 18.3. The molecule has 4 rings (SSSR count). The van der Waals surface area contributed by atoms with E-state index in [1.165, 1.54) is 0 Å². The molecule has 31 heavy (non-hydrogen) atoms. The maximum absolute atomic E-state index is 12.5. The molecule has 1 N–H and O–H groups in total. The fourth-order valence-electron chi connectivity index (χ4n) is 2.81. The summed E-state index contributed by atoms with van der Waals surface area (Å²) in [6.45, 7) is 2.43. The molecule has 0 atom stereocenters. The Hall–Kier alpha value is -3.52. The summed E-state index contributed by atoms with van der Waals surface area (Å²) in [7, 11) is 0. The third-order valence-electron chi connectivity index (χ3n) is 4.42. The number of carbonyl (C=O) groups excluding carboxylic acids is 1. The Morgan fingerprint density at radius 3 is 2.71 bits per heavy atom. The summed E-state index contributed by atoms with van der Waals surface area (Å²) < 4.78 is 19.6. The molecular weight excluding hydrogens is 462 g/mol. The number of rotatable bonds is 8. The molecule has 0 saturated heterocycles. The van der Waals surface area contributed by atoms with Crippen LogP contribution in [0.1, 0.15) is 21.9 Å². The number of benzene rings is 2. The Balaban J connectivity index is 1.29. The molecule has 0 radical (unpaired) electrons. The first kappa shape index (κ1) is 20.7. The summed E-state index contributed by atoms with van der Waals surface area (Å²) in [5.41, 5.74) is 1.58. The van der Waals surface area contributed by atoms with Crippen LogP contribution in [0.25, 0.3) is 0 Å². The number of aryl methyl sites for hydroxylation is 1. The van der Waals surface area contributed by atoms with Crippen LogP contribution >= 0.6 is 15.9 Å². The molecule has 0 spiro atoms. The van der Waals surface area contributed by atoms with Crippen molar-refractivity contribution in [3.63, 3.8) is 0 Å². The Morgan fingerprint density at radius 2 is 1.90 bits per heavy atom. The van der Waals surface area contributed by atoms with Gasteiger partial charge in [0.05, 0.1) is 18.1 Å². The Bertz CT molecular complexity index is 1170. The van der Waals surface area contributed by atoms with Crippen molar-refractivity contribution in [3.8, 4) is 11.5 Å². The molecule has 2 aromatic heterocycles. The van der Waals surface area contributed by atoms with E-state index in [0.717, 1.165) is 21.5 Å². The highest BCUT2D eigenvalue weighted by Gasteiger charge is 2.13. The van der Waals surface area contributed by atoms with Crippen molar-refractivity contribution < 1.29 is 18.7 Å². The maximum atomic E-state index is 12.5. The summed E-state index contributed by atoms with van der Waals surface area (Å²) in [6.07, 6.45) is 3.23. The van der Waals surface area contributed by atoms with E-state index in [1.54, 1.807) is 29.2 Å². The van der Waals surface area contributed by atoms with Gasteiger partial charge in [0.25, 0.3) is 5.91 Å². The molecule has 2 heterocycles. The fourth-order valence-corrected chi connectivity index (χ4v) is 3.07. The van der Waals surface area contributed by atoms with Crippen LogP contribution in [0.3, 0.4) is 0 Å². The zero-order chi connectivity index (χ0) is 21.6. The SMILES string of the molecule is Cc1ccccc1OCc1ccc(C(=O)Nc2cnn(COc3ccc(Br)cc3)c2)o1. The number of anilines is 1. The van der Waals surface area contributed by atoms with Gasteiger partial charge in [-0.3, -0.25) is 4.79 Å². The van der Waals surface area contributed by atoms with Crippen molar-refractivity contribution in [3.05, 3.63) is 94.6 Å². The van der Waals surface area contributed by atoms with E-state index in [1.807, 2.05) is 55.5 Å². The molecule has 158 valence electrons. The second-order valence-corrected chi connectivity index (χ2v) is 7.69. The highest BCUT2D eigenvalue weighted by atomic mass is 79.9. The van der Waals surface area contributed by atoms with Crippen LogP contribution in [-0.4, -0.2) is 15.7 Å². The number of hydrogen-bond acceptors (Lipinski definition) is 5. The fraction of sp³-hybridized carbons (Fsp3) is 0.130. The normalized spacial score (nSPS) is 10.6. The summed E-state index contributed by atoms with van der Waals surface area (Å²) in [6, 6.07) is 18.6. The van der Waals surface area contributed by atoms with Gasteiger partial charge in [0.15, 0.2) is 12.5 Å². The summed E-state index contributed by atoms with van der Waals surface area (Å²) in [5.74, 6) is 1.90. The largest absolute Gasteiger partial charge is 0.485 e. The van der Waals surface area contributed by atoms with Crippen molar-refractivity contribution in [2.24, 2.45) is 0 Å². The van der Waals surface area contributed by atoms with E-state index < -0.39 is 0 Å². The quantitative estimate of drug-likeness (QED) is 0.363. The van der Waals surface area contributed by atoms with Gasteiger partial charge in [-0.2, -0.15) is 5.10 Å². The van der Waals surface area contributed by atoms with Crippen LogP contribution < -0.4 is 14.8 Å². The summed E-state index contributed by atoms with van der Waals surface area (Å²) in [4.78, 5) is 12.5. The summed E-state index contributed by atoms with van der Waals surface area (Å²) >= 11 is 3.38. The monoisotopic (exact) mass is 481 g/mol. The van der Waals surface area contributed by atoms with E-state index in [4.69, 9.17) is 13.9 Å².